The Morgan fingerprint density at radius 2 is 2.13 bits per heavy atom. The number of pyridine rings is 1. The fourth-order valence-electron chi connectivity index (χ4n) is 2.56. The number of nitrogens with zero attached hydrogens (tertiary/aromatic N) is 1. The normalized spacial score (nSPS) is 17.1. The molecular formula is C13H20N2. The van der Waals surface area contributed by atoms with Crippen molar-refractivity contribution in [3.63, 3.8) is 0 Å². The van der Waals surface area contributed by atoms with Crippen molar-refractivity contribution in [2.24, 2.45) is 5.73 Å². The standard InChI is InChI=1S/C13H20N2/c14-8-3-6-12-7-9-15-10-13(12)11-4-1-2-5-11/h7,9-11H,1-6,8,14H2. The monoisotopic (exact) mass is 204 g/mol. The molecule has 0 aromatic carbocycles. The van der Waals surface area contributed by atoms with Crippen molar-refractivity contribution in [2.75, 3.05) is 6.54 Å². The molecule has 0 unspecified atom stereocenters. The largest absolute Gasteiger partial charge is 0.330 e. The quantitative estimate of drug-likeness (QED) is 0.818. The van der Waals surface area contributed by atoms with Crippen molar-refractivity contribution < 1.29 is 0 Å². The molecule has 15 heavy (non-hydrogen) atoms. The summed E-state index contributed by atoms with van der Waals surface area (Å²) in [6, 6.07) is 2.17. The van der Waals surface area contributed by atoms with Gasteiger partial charge in [-0.1, -0.05) is 12.8 Å². The second-order valence-corrected chi connectivity index (χ2v) is 4.45. The van der Waals surface area contributed by atoms with Gasteiger partial charge in [0.2, 0.25) is 0 Å². The molecule has 1 aromatic heterocycles. The Kier molecular flexibility index (Phi) is 3.73. The van der Waals surface area contributed by atoms with Crippen molar-refractivity contribution in [3.05, 3.63) is 29.6 Å². The Balaban J connectivity index is 2.13. The number of aromatic nitrogens is 1. The van der Waals surface area contributed by atoms with Gasteiger partial charge in [-0.3, -0.25) is 4.98 Å². The van der Waals surface area contributed by atoms with E-state index in [1.165, 1.54) is 36.8 Å². The molecule has 2 nitrogen and oxygen atoms in total. The minimum Gasteiger partial charge on any atom is -0.330 e. The molecule has 0 amide bonds. The maximum atomic E-state index is 5.56. The third-order valence-corrected chi connectivity index (χ3v) is 3.39. The smallest absolute Gasteiger partial charge is 0.0305 e. The molecule has 0 atom stereocenters. The van der Waals surface area contributed by atoms with Crippen molar-refractivity contribution in [1.29, 1.82) is 0 Å². The second-order valence-electron chi connectivity index (χ2n) is 4.45. The van der Waals surface area contributed by atoms with E-state index in [0.29, 0.717) is 0 Å². The van der Waals surface area contributed by atoms with Gasteiger partial charge in [-0.05, 0) is 55.3 Å². The van der Waals surface area contributed by atoms with E-state index < -0.39 is 0 Å². The summed E-state index contributed by atoms with van der Waals surface area (Å²) in [7, 11) is 0. The van der Waals surface area contributed by atoms with Crippen LogP contribution in [0.25, 0.3) is 0 Å². The molecule has 1 heterocycles. The van der Waals surface area contributed by atoms with Crippen LogP contribution < -0.4 is 5.73 Å². The SMILES string of the molecule is NCCCc1ccncc1C1CCCC1. The average Bonchev–Trinajstić information content (AvgIpc) is 2.80. The minimum absolute atomic E-state index is 0.770. The molecule has 0 radical (unpaired) electrons. The molecule has 1 aliphatic rings. The first-order chi connectivity index (χ1) is 7.42. The van der Waals surface area contributed by atoms with E-state index in [1.54, 1.807) is 0 Å². The van der Waals surface area contributed by atoms with Crippen molar-refractivity contribution >= 4 is 0 Å². The van der Waals surface area contributed by atoms with Gasteiger partial charge in [0.05, 0.1) is 0 Å². The van der Waals surface area contributed by atoms with E-state index in [4.69, 9.17) is 5.73 Å². The zero-order valence-corrected chi connectivity index (χ0v) is 9.28. The molecule has 0 bridgehead atoms. The minimum atomic E-state index is 0.770. The summed E-state index contributed by atoms with van der Waals surface area (Å²) in [5.74, 6) is 0.770. The fraction of sp³-hybridized carbons (Fsp3) is 0.615. The van der Waals surface area contributed by atoms with Crippen LogP contribution in [0.2, 0.25) is 0 Å². The van der Waals surface area contributed by atoms with Gasteiger partial charge in [0.1, 0.15) is 0 Å². The fourth-order valence-corrected chi connectivity index (χ4v) is 2.56. The molecule has 2 N–H and O–H groups in total. The number of hydrogen-bond donors (Lipinski definition) is 1. The number of rotatable bonds is 4. The van der Waals surface area contributed by atoms with E-state index in [2.05, 4.69) is 17.2 Å². The number of hydrogen-bond acceptors (Lipinski definition) is 2. The lowest BCUT2D eigenvalue weighted by molar-refractivity contribution is 0.699. The lowest BCUT2D eigenvalue weighted by Crippen LogP contribution is -2.04. The number of aryl methyl sites for hydroxylation is 1. The average molecular weight is 204 g/mol. The van der Waals surface area contributed by atoms with Crippen molar-refractivity contribution in [1.82, 2.24) is 4.98 Å². The van der Waals surface area contributed by atoms with Crippen LogP contribution >= 0.6 is 0 Å². The first-order valence-electron chi connectivity index (χ1n) is 6.04. The summed E-state index contributed by atoms with van der Waals surface area (Å²) in [6.45, 7) is 0.784. The van der Waals surface area contributed by atoms with E-state index in [1.807, 2.05) is 6.20 Å². The van der Waals surface area contributed by atoms with Crippen LogP contribution in [0.4, 0.5) is 0 Å². The maximum absolute atomic E-state index is 5.56. The number of nitrogens with two attached hydrogens (primary N) is 1. The molecule has 82 valence electrons. The molecule has 0 spiro atoms. The first kappa shape index (κ1) is 10.6. The summed E-state index contributed by atoms with van der Waals surface area (Å²) < 4.78 is 0. The zero-order chi connectivity index (χ0) is 10.5. The summed E-state index contributed by atoms with van der Waals surface area (Å²) in [6.07, 6.45) is 11.6. The van der Waals surface area contributed by atoms with Crippen LogP contribution in [-0.2, 0) is 6.42 Å². The van der Waals surface area contributed by atoms with E-state index in [-0.39, 0.29) is 0 Å². The van der Waals surface area contributed by atoms with E-state index in [9.17, 15) is 0 Å². The van der Waals surface area contributed by atoms with Crippen LogP contribution in [0.1, 0.15) is 49.1 Å². The highest BCUT2D eigenvalue weighted by molar-refractivity contribution is 5.27. The van der Waals surface area contributed by atoms with Crippen LogP contribution in [0.5, 0.6) is 0 Å². The van der Waals surface area contributed by atoms with E-state index in [0.717, 1.165) is 25.3 Å². The van der Waals surface area contributed by atoms with Gasteiger partial charge in [-0.25, -0.2) is 0 Å². The molecule has 1 fully saturated rings. The molecule has 2 heteroatoms. The Hall–Kier alpha value is -0.890. The summed E-state index contributed by atoms with van der Waals surface area (Å²) in [5, 5.41) is 0. The molecule has 2 rings (SSSR count). The van der Waals surface area contributed by atoms with Gasteiger partial charge in [-0.2, -0.15) is 0 Å². The third-order valence-electron chi connectivity index (χ3n) is 3.39. The molecular weight excluding hydrogens is 184 g/mol. The Morgan fingerprint density at radius 1 is 1.33 bits per heavy atom. The molecule has 1 aliphatic carbocycles. The van der Waals surface area contributed by atoms with Crippen LogP contribution in [0, 0.1) is 0 Å². The maximum Gasteiger partial charge on any atom is 0.0305 e. The second kappa shape index (κ2) is 5.26. The molecule has 0 aliphatic heterocycles. The van der Waals surface area contributed by atoms with Crippen LogP contribution in [0.3, 0.4) is 0 Å². The van der Waals surface area contributed by atoms with Crippen molar-refractivity contribution in [2.45, 2.75) is 44.4 Å². The first-order valence-corrected chi connectivity index (χ1v) is 6.04. The highest BCUT2D eigenvalue weighted by atomic mass is 14.6. The lowest BCUT2D eigenvalue weighted by atomic mass is 9.93. The van der Waals surface area contributed by atoms with E-state index >= 15 is 0 Å². The van der Waals surface area contributed by atoms with Crippen molar-refractivity contribution in [3.8, 4) is 0 Å². The predicted molar refractivity (Wildman–Crippen MR) is 62.8 cm³/mol. The van der Waals surface area contributed by atoms with Gasteiger partial charge in [0.15, 0.2) is 0 Å². The third kappa shape index (κ3) is 2.57. The summed E-state index contributed by atoms with van der Waals surface area (Å²) >= 11 is 0. The highest BCUT2D eigenvalue weighted by Gasteiger charge is 2.19. The molecule has 1 saturated carbocycles. The zero-order valence-electron chi connectivity index (χ0n) is 9.28. The van der Waals surface area contributed by atoms with Gasteiger partial charge < -0.3 is 5.73 Å². The van der Waals surface area contributed by atoms with Gasteiger partial charge in [-0.15, -0.1) is 0 Å². The van der Waals surface area contributed by atoms with Gasteiger partial charge >= 0.3 is 0 Å². The summed E-state index contributed by atoms with van der Waals surface area (Å²) in [4.78, 5) is 4.27. The Morgan fingerprint density at radius 3 is 2.87 bits per heavy atom. The summed E-state index contributed by atoms with van der Waals surface area (Å²) in [5.41, 5.74) is 8.53. The highest BCUT2D eigenvalue weighted by Crippen LogP contribution is 2.35. The van der Waals surface area contributed by atoms with Crippen LogP contribution in [0.15, 0.2) is 18.5 Å². The lowest BCUT2D eigenvalue weighted by Gasteiger charge is -2.14. The Bertz CT molecular complexity index is 303. The van der Waals surface area contributed by atoms with Gasteiger partial charge in [0.25, 0.3) is 0 Å². The van der Waals surface area contributed by atoms with Crippen LogP contribution in [-0.4, -0.2) is 11.5 Å². The van der Waals surface area contributed by atoms with Gasteiger partial charge in [0, 0.05) is 12.4 Å². The molecule has 1 aromatic rings. The Labute approximate surface area is 91.9 Å². The topological polar surface area (TPSA) is 38.9 Å². The predicted octanol–water partition coefficient (Wildman–Crippen LogP) is 2.63. The molecule has 0 saturated heterocycles.